The van der Waals surface area contributed by atoms with E-state index in [2.05, 4.69) is 74.1 Å². The molecule has 0 saturated carbocycles. The Hall–Kier alpha value is -1.67. The van der Waals surface area contributed by atoms with Crippen molar-refractivity contribution < 1.29 is 9.53 Å². The second-order valence-electron chi connectivity index (χ2n) is 7.50. The zero-order chi connectivity index (χ0) is 18.0. The first-order chi connectivity index (χ1) is 11.2. The Morgan fingerprint density at radius 3 is 2.25 bits per heavy atom. The maximum absolute atomic E-state index is 10.9. The van der Waals surface area contributed by atoms with Crippen molar-refractivity contribution in [2.24, 2.45) is 0 Å². The van der Waals surface area contributed by atoms with E-state index in [1.807, 2.05) is 0 Å². The van der Waals surface area contributed by atoms with E-state index in [-0.39, 0.29) is 25.8 Å². The molecule has 0 unspecified atom stereocenters. The topological polar surface area (TPSA) is 26.3 Å². The van der Waals surface area contributed by atoms with Gasteiger partial charge in [0.15, 0.2) is 0 Å². The maximum atomic E-state index is 10.9. The van der Waals surface area contributed by atoms with Crippen LogP contribution in [-0.2, 0) is 20.4 Å². The zero-order valence-electron chi connectivity index (χ0n) is 15.3. The molecule has 1 aromatic carbocycles. The molecule has 0 amide bonds. The molecule has 0 saturated heterocycles. The van der Waals surface area contributed by atoms with Crippen LogP contribution in [0.15, 0.2) is 12.1 Å². The van der Waals surface area contributed by atoms with Gasteiger partial charge < -0.3 is 0 Å². The van der Waals surface area contributed by atoms with Crippen LogP contribution in [-0.4, -0.2) is 28.0 Å². The molecule has 126 valence electrons. The van der Waals surface area contributed by atoms with Crippen LogP contribution in [0.1, 0.15) is 57.2 Å². The molecule has 0 atom stereocenters. The predicted molar refractivity (Wildman–Crippen MR) is 99.4 cm³/mol. The molecular weight excluding hydrogens is 363 g/mol. The average Bonchev–Trinajstić information content (AvgIpc) is 2.52. The number of benzene rings is 1. The second-order valence-corrected chi connectivity index (χ2v) is 9.28. The summed E-state index contributed by atoms with van der Waals surface area (Å²) in [6, 6.07) is 4.71. The van der Waals surface area contributed by atoms with E-state index >= 15 is 0 Å². The van der Waals surface area contributed by atoms with E-state index in [1.54, 1.807) is 0 Å². The fourth-order valence-corrected chi connectivity index (χ4v) is 4.33. The van der Waals surface area contributed by atoms with Gasteiger partial charge in [-0.15, -0.1) is 0 Å². The van der Waals surface area contributed by atoms with Gasteiger partial charge >= 0.3 is 152 Å². The van der Waals surface area contributed by atoms with Gasteiger partial charge in [-0.3, -0.25) is 0 Å². The van der Waals surface area contributed by atoms with Gasteiger partial charge in [0, 0.05) is 0 Å². The summed E-state index contributed by atoms with van der Waals surface area (Å²) < 4.78 is 5.77. The Bertz CT molecular complexity index is 780. The minimum absolute atomic E-state index is 0.0293. The molecule has 1 aliphatic carbocycles. The average molecular weight is 387 g/mol. The van der Waals surface area contributed by atoms with Gasteiger partial charge in [0.1, 0.15) is 0 Å². The number of methoxy groups -OCH3 is 1. The fourth-order valence-electron chi connectivity index (χ4n) is 3.05. The predicted octanol–water partition coefficient (Wildman–Crippen LogP) is 2.81. The molecule has 3 heteroatoms. The summed E-state index contributed by atoms with van der Waals surface area (Å²) in [5.74, 6) is 7.09. The number of rotatable bonds is 1. The Labute approximate surface area is 151 Å². The van der Waals surface area contributed by atoms with Crippen LogP contribution in [0.5, 0.6) is 0 Å². The van der Waals surface area contributed by atoms with Crippen LogP contribution in [0.25, 0.3) is 0 Å². The first-order valence-electron chi connectivity index (χ1n) is 8.09. The van der Waals surface area contributed by atoms with Crippen molar-refractivity contribution in [3.8, 4) is 22.6 Å². The van der Waals surface area contributed by atoms with Gasteiger partial charge in [-0.25, -0.2) is 0 Å². The molecule has 1 aliphatic rings. The van der Waals surface area contributed by atoms with E-state index in [0.29, 0.717) is 0 Å². The molecule has 0 N–H and O–H groups in total. The molecule has 1 aromatic rings. The van der Waals surface area contributed by atoms with Gasteiger partial charge in [-0.1, -0.05) is 0 Å². The molecule has 24 heavy (non-hydrogen) atoms. The summed E-state index contributed by atoms with van der Waals surface area (Å²) in [5, 5.41) is 0. The molecule has 0 radical (unpaired) electrons. The number of esters is 1. The molecular formula is C21H24O2Se. The van der Waals surface area contributed by atoms with Crippen molar-refractivity contribution in [1.82, 2.24) is 0 Å². The third kappa shape index (κ3) is 4.05. The molecule has 0 aliphatic heterocycles. The van der Waals surface area contributed by atoms with E-state index in [9.17, 15) is 4.79 Å². The van der Waals surface area contributed by atoms with Crippen LogP contribution in [0.3, 0.4) is 0 Å². The first kappa shape index (κ1) is 18.7. The summed E-state index contributed by atoms with van der Waals surface area (Å²) in [6.45, 7) is 11.5. The third-order valence-corrected chi connectivity index (χ3v) is 6.59. The van der Waals surface area contributed by atoms with Crippen LogP contribution >= 0.6 is 0 Å². The molecule has 2 nitrogen and oxygen atoms in total. The number of ether oxygens (including phenoxy) is 1. The fraction of sp³-hybridized carbons (Fsp3) is 0.476. The number of aryl methyl sites for hydroxylation is 1. The van der Waals surface area contributed by atoms with Gasteiger partial charge in [0.25, 0.3) is 0 Å². The van der Waals surface area contributed by atoms with Crippen molar-refractivity contribution in [2.75, 3.05) is 7.11 Å². The molecule has 0 aromatic heterocycles. The quantitative estimate of drug-likeness (QED) is 0.321. The van der Waals surface area contributed by atoms with Crippen molar-refractivity contribution in [3.05, 3.63) is 28.8 Å². The zero-order valence-corrected chi connectivity index (χ0v) is 17.0. The SMILES string of the molecule is COC(=O)C#CC#C[Se]c1cc2c(cc1C)C(C)(C)CCC2(C)C. The van der Waals surface area contributed by atoms with Crippen LogP contribution in [0.2, 0.25) is 0 Å². The van der Waals surface area contributed by atoms with Crippen LogP contribution in [0.4, 0.5) is 0 Å². The van der Waals surface area contributed by atoms with Gasteiger partial charge in [-0.05, 0) is 0 Å². The van der Waals surface area contributed by atoms with E-state index in [1.165, 1.54) is 41.1 Å². The Morgan fingerprint density at radius 2 is 1.67 bits per heavy atom. The van der Waals surface area contributed by atoms with Crippen molar-refractivity contribution in [3.63, 3.8) is 0 Å². The van der Waals surface area contributed by atoms with Crippen molar-refractivity contribution in [2.45, 2.75) is 58.3 Å². The van der Waals surface area contributed by atoms with E-state index < -0.39 is 5.97 Å². The molecule has 0 bridgehead atoms. The summed E-state index contributed by atoms with van der Waals surface area (Å²) >= 11 is 0.0293. The van der Waals surface area contributed by atoms with Crippen LogP contribution < -0.4 is 4.46 Å². The summed E-state index contributed by atoms with van der Waals surface area (Å²) in [7, 11) is 1.31. The Balaban J connectivity index is 2.32. The van der Waals surface area contributed by atoms with Gasteiger partial charge in [0.2, 0.25) is 0 Å². The normalized spacial score (nSPS) is 16.8. The Morgan fingerprint density at radius 1 is 1.08 bits per heavy atom. The third-order valence-electron chi connectivity index (χ3n) is 4.77. The summed E-state index contributed by atoms with van der Waals surface area (Å²) in [4.78, 5) is 14.0. The van der Waals surface area contributed by atoms with Crippen LogP contribution in [0, 0.1) is 29.5 Å². The van der Waals surface area contributed by atoms with Crippen molar-refractivity contribution in [1.29, 1.82) is 0 Å². The molecule has 0 fully saturated rings. The number of carbonyl (C=O) groups is 1. The number of hydrogen-bond donors (Lipinski definition) is 0. The first-order valence-corrected chi connectivity index (χ1v) is 9.80. The number of carbonyl (C=O) groups excluding carboxylic acids is 1. The summed E-state index contributed by atoms with van der Waals surface area (Å²) in [5.41, 5.74) is 4.69. The molecule has 2 rings (SSSR count). The van der Waals surface area contributed by atoms with E-state index in [4.69, 9.17) is 0 Å². The van der Waals surface area contributed by atoms with E-state index in [0.717, 1.165) is 0 Å². The summed E-state index contributed by atoms with van der Waals surface area (Å²) in [6.07, 6.45) is 2.43. The van der Waals surface area contributed by atoms with Crippen molar-refractivity contribution >= 4 is 25.4 Å². The molecule has 0 spiro atoms. The monoisotopic (exact) mass is 388 g/mol. The number of fused-ring (bicyclic) bond motifs is 1. The molecule has 0 heterocycles. The van der Waals surface area contributed by atoms with Gasteiger partial charge in [0.05, 0.1) is 0 Å². The minimum atomic E-state index is -0.550. The Kier molecular flexibility index (Phi) is 5.49. The standard InChI is InChI=1S/C21H24O2Se/c1-15-13-16-17(21(4,5)11-10-20(16,2)3)14-18(15)24-12-8-7-9-19(22)23-6/h13-14H,10-11H2,1-6H3. The van der Waals surface area contributed by atoms with Gasteiger partial charge in [-0.2, -0.15) is 0 Å². The number of hydrogen-bond acceptors (Lipinski definition) is 2. The second kappa shape index (κ2) is 7.06.